The Balaban J connectivity index is 1.96. The molecule has 1 heterocycles. The summed E-state index contributed by atoms with van der Waals surface area (Å²) >= 11 is 12.7. The molecule has 0 saturated heterocycles. The van der Waals surface area contributed by atoms with Gasteiger partial charge in [0.05, 0.1) is 18.6 Å². The molecule has 0 N–H and O–H groups in total. The Morgan fingerprint density at radius 1 is 1.00 bits per heavy atom. The van der Waals surface area contributed by atoms with E-state index in [0.717, 1.165) is 34.6 Å². The lowest BCUT2D eigenvalue weighted by atomic mass is 9.99. The molecule has 1 unspecified atom stereocenters. The van der Waals surface area contributed by atoms with Crippen LogP contribution < -0.4 is 9.47 Å². The maximum absolute atomic E-state index is 6.64. The van der Waals surface area contributed by atoms with Crippen molar-refractivity contribution in [3.63, 3.8) is 0 Å². The number of halogens is 2. The van der Waals surface area contributed by atoms with Gasteiger partial charge in [0.25, 0.3) is 0 Å². The largest absolute Gasteiger partial charge is 0.490 e. The molecule has 110 valence electrons. The van der Waals surface area contributed by atoms with Crippen molar-refractivity contribution in [2.24, 2.45) is 0 Å². The van der Waals surface area contributed by atoms with Crippen LogP contribution in [0.2, 0.25) is 5.02 Å². The van der Waals surface area contributed by atoms with Gasteiger partial charge in [-0.1, -0.05) is 23.7 Å². The second kappa shape index (κ2) is 6.17. The van der Waals surface area contributed by atoms with Crippen molar-refractivity contribution in [2.75, 3.05) is 13.2 Å². The van der Waals surface area contributed by atoms with Crippen molar-refractivity contribution in [3.8, 4) is 11.5 Å². The van der Waals surface area contributed by atoms with Crippen LogP contribution in [0.25, 0.3) is 0 Å². The van der Waals surface area contributed by atoms with Crippen LogP contribution in [0.4, 0.5) is 0 Å². The molecule has 1 atom stereocenters. The van der Waals surface area contributed by atoms with Gasteiger partial charge in [0.1, 0.15) is 0 Å². The first-order valence-electron chi connectivity index (χ1n) is 6.95. The van der Waals surface area contributed by atoms with Crippen LogP contribution in [0.15, 0.2) is 36.4 Å². The summed E-state index contributed by atoms with van der Waals surface area (Å²) in [5, 5.41) is 0.427. The minimum absolute atomic E-state index is 0.263. The van der Waals surface area contributed by atoms with Crippen LogP contribution in [0.5, 0.6) is 11.5 Å². The highest BCUT2D eigenvalue weighted by Crippen LogP contribution is 2.38. The van der Waals surface area contributed by atoms with E-state index in [-0.39, 0.29) is 5.38 Å². The molecular formula is C17H16Cl2O2. The number of aryl methyl sites for hydroxylation is 1. The molecule has 1 aliphatic rings. The molecule has 4 heteroatoms. The number of alkyl halides is 1. The third-order valence-electron chi connectivity index (χ3n) is 3.58. The van der Waals surface area contributed by atoms with E-state index in [0.29, 0.717) is 18.2 Å². The van der Waals surface area contributed by atoms with Gasteiger partial charge in [-0.3, -0.25) is 0 Å². The summed E-state index contributed by atoms with van der Waals surface area (Å²) < 4.78 is 11.4. The fourth-order valence-corrected chi connectivity index (χ4v) is 2.95. The summed E-state index contributed by atoms with van der Waals surface area (Å²) in [6.07, 6.45) is 0.891. The maximum atomic E-state index is 6.64. The van der Waals surface area contributed by atoms with E-state index in [1.807, 2.05) is 43.3 Å². The van der Waals surface area contributed by atoms with E-state index in [4.69, 9.17) is 32.7 Å². The molecule has 2 nitrogen and oxygen atoms in total. The van der Waals surface area contributed by atoms with Gasteiger partial charge >= 0.3 is 0 Å². The maximum Gasteiger partial charge on any atom is 0.161 e. The second-order valence-electron chi connectivity index (χ2n) is 5.12. The van der Waals surface area contributed by atoms with Crippen LogP contribution in [0.1, 0.15) is 28.5 Å². The van der Waals surface area contributed by atoms with Crippen molar-refractivity contribution < 1.29 is 9.47 Å². The standard InChI is InChI=1S/C17H16Cl2O2/c1-11-3-5-13(18)10-14(11)17(19)12-4-6-15-16(9-12)21-8-2-7-20-15/h3-6,9-10,17H,2,7-8H2,1H3. The van der Waals surface area contributed by atoms with Crippen LogP contribution in [0.3, 0.4) is 0 Å². The molecule has 0 saturated carbocycles. The van der Waals surface area contributed by atoms with E-state index in [2.05, 4.69) is 0 Å². The zero-order valence-corrected chi connectivity index (χ0v) is 13.2. The first kappa shape index (κ1) is 14.6. The second-order valence-corrected chi connectivity index (χ2v) is 5.99. The fourth-order valence-electron chi connectivity index (χ4n) is 2.40. The Morgan fingerprint density at radius 2 is 1.76 bits per heavy atom. The molecular weight excluding hydrogens is 307 g/mol. The third kappa shape index (κ3) is 3.12. The molecule has 0 spiro atoms. The molecule has 0 bridgehead atoms. The average molecular weight is 323 g/mol. The summed E-state index contributed by atoms with van der Waals surface area (Å²) in [5.41, 5.74) is 3.11. The Kier molecular flexibility index (Phi) is 4.27. The fraction of sp³-hybridized carbons (Fsp3) is 0.294. The van der Waals surface area contributed by atoms with Crippen LogP contribution in [-0.4, -0.2) is 13.2 Å². The molecule has 0 radical (unpaired) electrons. The van der Waals surface area contributed by atoms with Crippen molar-refractivity contribution in [3.05, 3.63) is 58.1 Å². The lowest BCUT2D eigenvalue weighted by molar-refractivity contribution is 0.297. The minimum atomic E-state index is -0.263. The summed E-state index contributed by atoms with van der Waals surface area (Å²) in [6.45, 7) is 3.38. The molecule has 21 heavy (non-hydrogen) atoms. The van der Waals surface area contributed by atoms with E-state index >= 15 is 0 Å². The summed E-state index contributed by atoms with van der Waals surface area (Å²) in [6, 6.07) is 11.6. The number of hydrogen-bond acceptors (Lipinski definition) is 2. The zero-order chi connectivity index (χ0) is 14.8. The quantitative estimate of drug-likeness (QED) is 0.713. The lowest BCUT2D eigenvalue weighted by Crippen LogP contribution is -1.98. The lowest BCUT2D eigenvalue weighted by Gasteiger charge is -2.16. The highest BCUT2D eigenvalue weighted by molar-refractivity contribution is 6.31. The van der Waals surface area contributed by atoms with Crippen molar-refractivity contribution in [2.45, 2.75) is 18.7 Å². The average Bonchev–Trinajstić information content (AvgIpc) is 2.73. The Bertz CT molecular complexity index is 655. The molecule has 3 rings (SSSR count). The van der Waals surface area contributed by atoms with E-state index < -0.39 is 0 Å². The topological polar surface area (TPSA) is 18.5 Å². The van der Waals surface area contributed by atoms with Crippen molar-refractivity contribution >= 4 is 23.2 Å². The van der Waals surface area contributed by atoms with Gasteiger partial charge in [-0.25, -0.2) is 0 Å². The minimum Gasteiger partial charge on any atom is -0.490 e. The predicted octanol–water partition coefficient (Wildman–Crippen LogP) is 5.14. The monoisotopic (exact) mass is 322 g/mol. The van der Waals surface area contributed by atoms with Gasteiger partial charge < -0.3 is 9.47 Å². The number of hydrogen-bond donors (Lipinski definition) is 0. The Labute approximate surface area is 134 Å². The normalized spacial score (nSPS) is 15.4. The summed E-state index contributed by atoms with van der Waals surface area (Å²) in [5.74, 6) is 1.54. The number of ether oxygens (including phenoxy) is 2. The molecule has 0 aromatic heterocycles. The molecule has 1 aliphatic heterocycles. The van der Waals surface area contributed by atoms with Crippen LogP contribution in [0, 0.1) is 6.92 Å². The first-order valence-corrected chi connectivity index (χ1v) is 7.76. The smallest absolute Gasteiger partial charge is 0.161 e. The van der Waals surface area contributed by atoms with Gasteiger partial charge in [0.2, 0.25) is 0 Å². The van der Waals surface area contributed by atoms with Crippen molar-refractivity contribution in [1.82, 2.24) is 0 Å². The summed E-state index contributed by atoms with van der Waals surface area (Å²) in [7, 11) is 0. The van der Waals surface area contributed by atoms with E-state index in [1.165, 1.54) is 0 Å². The highest BCUT2D eigenvalue weighted by atomic mass is 35.5. The number of benzene rings is 2. The molecule has 2 aromatic carbocycles. The number of fused-ring (bicyclic) bond motifs is 1. The molecule has 0 fully saturated rings. The SMILES string of the molecule is Cc1ccc(Cl)cc1C(Cl)c1ccc2c(c1)OCCCO2. The van der Waals surface area contributed by atoms with E-state index in [9.17, 15) is 0 Å². The van der Waals surface area contributed by atoms with Gasteiger partial charge in [0.15, 0.2) is 11.5 Å². The van der Waals surface area contributed by atoms with Crippen LogP contribution in [-0.2, 0) is 0 Å². The Hall–Kier alpha value is -1.38. The van der Waals surface area contributed by atoms with Gasteiger partial charge in [0, 0.05) is 11.4 Å². The zero-order valence-electron chi connectivity index (χ0n) is 11.7. The van der Waals surface area contributed by atoms with E-state index in [1.54, 1.807) is 0 Å². The highest BCUT2D eigenvalue weighted by Gasteiger charge is 2.17. The van der Waals surface area contributed by atoms with Gasteiger partial charge in [-0.05, 0) is 47.9 Å². The summed E-state index contributed by atoms with van der Waals surface area (Å²) in [4.78, 5) is 0. The van der Waals surface area contributed by atoms with Gasteiger partial charge in [-0.2, -0.15) is 0 Å². The predicted molar refractivity (Wildman–Crippen MR) is 85.9 cm³/mol. The van der Waals surface area contributed by atoms with Gasteiger partial charge in [-0.15, -0.1) is 11.6 Å². The van der Waals surface area contributed by atoms with Crippen LogP contribution >= 0.6 is 23.2 Å². The molecule has 0 amide bonds. The first-order chi connectivity index (χ1) is 10.1. The molecule has 0 aliphatic carbocycles. The number of rotatable bonds is 2. The van der Waals surface area contributed by atoms with Crippen molar-refractivity contribution in [1.29, 1.82) is 0 Å². The third-order valence-corrected chi connectivity index (χ3v) is 4.30. The Morgan fingerprint density at radius 3 is 2.57 bits per heavy atom. The molecule has 2 aromatic rings.